The molecule has 0 spiro atoms. The number of carbonyl (C=O) groups excluding carboxylic acids is 3. The van der Waals surface area contributed by atoms with Crippen LogP contribution in [0, 0.1) is 0 Å². The minimum absolute atomic E-state index is 0.152. The molecule has 0 radical (unpaired) electrons. The number of nitrogens with zero attached hydrogens (tertiary/aromatic N) is 1. The van der Waals surface area contributed by atoms with E-state index in [1.165, 1.54) is 4.90 Å². The van der Waals surface area contributed by atoms with Crippen LogP contribution in [0.25, 0.3) is 0 Å². The molecule has 3 aromatic carbocycles. The molecule has 3 aromatic rings. The van der Waals surface area contributed by atoms with Crippen LogP contribution in [0.4, 0.5) is 0 Å². The van der Waals surface area contributed by atoms with Crippen molar-refractivity contribution in [1.29, 1.82) is 0 Å². The molecule has 0 fully saturated rings. The Kier molecular flexibility index (Phi) is 13.4. The summed E-state index contributed by atoms with van der Waals surface area (Å²) in [5.74, 6) is 0.364. The summed E-state index contributed by atoms with van der Waals surface area (Å²) in [7, 11) is 1.57. The minimum Gasteiger partial charge on any atom is -0.493 e. The number of nitrogens with two attached hydrogens (primary N) is 3. The Bertz CT molecular complexity index is 1320. The highest BCUT2D eigenvalue weighted by molar-refractivity contribution is 5.92. The lowest BCUT2D eigenvalue weighted by Gasteiger charge is -2.24. The van der Waals surface area contributed by atoms with Crippen molar-refractivity contribution in [3.63, 3.8) is 0 Å². The molecule has 3 amide bonds. The number of methoxy groups -OCH3 is 1. The second-order valence-electron chi connectivity index (χ2n) is 9.93. The molecule has 11 nitrogen and oxygen atoms in total. The van der Waals surface area contributed by atoms with E-state index in [2.05, 4.69) is 10.6 Å². The van der Waals surface area contributed by atoms with Gasteiger partial charge in [0, 0.05) is 38.3 Å². The second kappa shape index (κ2) is 17.5. The first kappa shape index (κ1) is 33.1. The topological polar surface area (TPSA) is 175 Å². The maximum atomic E-state index is 13.4. The molecule has 2 atom stereocenters. The number of ether oxygens (including phenoxy) is 2. The number of rotatable bonds is 17. The lowest BCUT2D eigenvalue weighted by Crippen LogP contribution is -2.53. The van der Waals surface area contributed by atoms with Crippen LogP contribution >= 0.6 is 0 Å². The van der Waals surface area contributed by atoms with E-state index in [4.69, 9.17) is 26.7 Å². The molecular weight excluding hydrogens is 548 g/mol. The van der Waals surface area contributed by atoms with Crippen molar-refractivity contribution in [2.45, 2.75) is 37.9 Å². The Morgan fingerprint density at radius 1 is 0.814 bits per heavy atom. The molecule has 0 aliphatic rings. The predicted octanol–water partition coefficient (Wildman–Crippen LogP) is 1.68. The normalized spacial score (nSPS) is 12.1. The molecule has 0 aliphatic carbocycles. The van der Waals surface area contributed by atoms with Gasteiger partial charge in [-0.1, -0.05) is 60.7 Å². The van der Waals surface area contributed by atoms with E-state index in [0.29, 0.717) is 43.2 Å². The molecule has 0 heterocycles. The Balaban J connectivity index is 1.69. The van der Waals surface area contributed by atoms with Gasteiger partial charge in [-0.15, -0.1) is 0 Å². The van der Waals surface area contributed by atoms with Crippen molar-refractivity contribution in [3.8, 4) is 17.2 Å². The third kappa shape index (κ3) is 10.4. The molecule has 0 unspecified atom stereocenters. The van der Waals surface area contributed by atoms with E-state index < -0.39 is 18.0 Å². The quantitative estimate of drug-likeness (QED) is 0.158. The van der Waals surface area contributed by atoms with Crippen LogP contribution in [-0.2, 0) is 27.3 Å². The maximum Gasteiger partial charge on any atom is 0.242 e. The van der Waals surface area contributed by atoms with Gasteiger partial charge in [-0.3, -0.25) is 14.4 Å². The van der Waals surface area contributed by atoms with Gasteiger partial charge in [-0.25, -0.2) is 0 Å². The maximum absolute atomic E-state index is 13.4. The molecule has 0 aromatic heterocycles. The molecule has 0 bridgehead atoms. The van der Waals surface area contributed by atoms with Gasteiger partial charge in [0.1, 0.15) is 11.8 Å². The number of para-hydroxylation sites is 3. The lowest BCUT2D eigenvalue weighted by molar-refractivity contribution is -0.135. The van der Waals surface area contributed by atoms with E-state index in [0.717, 1.165) is 11.1 Å². The summed E-state index contributed by atoms with van der Waals surface area (Å²) in [6.45, 7) is 1.31. The summed E-state index contributed by atoms with van der Waals surface area (Å²) in [5, 5.41) is 5.68. The fraction of sp³-hybridized carbons (Fsp3) is 0.344. The highest BCUT2D eigenvalue weighted by Crippen LogP contribution is 2.32. The van der Waals surface area contributed by atoms with Crippen molar-refractivity contribution in [2.24, 2.45) is 17.2 Å². The monoisotopic (exact) mass is 590 g/mol. The first-order valence-electron chi connectivity index (χ1n) is 14.3. The predicted molar refractivity (Wildman–Crippen MR) is 165 cm³/mol. The summed E-state index contributed by atoms with van der Waals surface area (Å²) in [6, 6.07) is 22.2. The van der Waals surface area contributed by atoms with Crippen molar-refractivity contribution in [2.75, 3.05) is 33.3 Å². The highest BCUT2D eigenvalue weighted by Gasteiger charge is 2.26. The number of benzene rings is 3. The van der Waals surface area contributed by atoms with Crippen molar-refractivity contribution in [3.05, 3.63) is 90.0 Å². The van der Waals surface area contributed by atoms with Crippen LogP contribution in [0.3, 0.4) is 0 Å². The Morgan fingerprint density at radius 3 is 2.07 bits per heavy atom. The molecule has 11 heteroatoms. The van der Waals surface area contributed by atoms with Gasteiger partial charge >= 0.3 is 0 Å². The van der Waals surface area contributed by atoms with Crippen molar-refractivity contribution in [1.82, 2.24) is 15.5 Å². The third-order valence-electron chi connectivity index (χ3n) is 6.79. The number of carbonyl (C=O) groups is 3. The van der Waals surface area contributed by atoms with Gasteiger partial charge < -0.3 is 42.2 Å². The summed E-state index contributed by atoms with van der Waals surface area (Å²) < 4.78 is 11.5. The number of nitrogens with one attached hydrogen (secondary N) is 2. The molecule has 8 N–H and O–H groups in total. The first-order chi connectivity index (χ1) is 20.9. The van der Waals surface area contributed by atoms with Crippen LogP contribution in [0.1, 0.15) is 24.0 Å². The van der Waals surface area contributed by atoms with Crippen molar-refractivity contribution < 1.29 is 23.9 Å². The molecule has 3 rings (SSSR count). The SMILES string of the molecule is COc1ccccc1Oc1ccccc1CNC(=O)[C@H](CCc1ccccc1)NC(=O)[C@@H](N)CC(=O)N(CCN)CCN. The summed E-state index contributed by atoms with van der Waals surface area (Å²) in [5.41, 5.74) is 19.0. The second-order valence-corrected chi connectivity index (χ2v) is 9.93. The number of amides is 3. The van der Waals surface area contributed by atoms with Crippen LogP contribution < -0.4 is 37.3 Å². The molecule has 0 saturated carbocycles. The van der Waals surface area contributed by atoms with Gasteiger partial charge in [-0.05, 0) is 36.6 Å². The zero-order valence-corrected chi connectivity index (χ0v) is 24.5. The summed E-state index contributed by atoms with van der Waals surface area (Å²) in [4.78, 5) is 40.7. The van der Waals surface area contributed by atoms with Gasteiger partial charge in [0.05, 0.1) is 19.6 Å². The van der Waals surface area contributed by atoms with E-state index in [9.17, 15) is 14.4 Å². The standard InChI is InChI=1S/C32H42N6O5/c1-42-28-13-7-8-14-29(28)43-27-12-6-5-11-24(27)22-36-32(41)26(16-15-23-9-3-2-4-10-23)37-31(40)25(35)21-30(39)38(19-17-33)20-18-34/h2-14,25-26H,15-22,33-35H2,1H3,(H,36,41)(H,37,40)/t25-,26-/m0/s1. The fourth-order valence-corrected chi connectivity index (χ4v) is 4.46. The molecule has 230 valence electrons. The third-order valence-corrected chi connectivity index (χ3v) is 6.79. The zero-order valence-electron chi connectivity index (χ0n) is 24.5. The zero-order chi connectivity index (χ0) is 31.0. The van der Waals surface area contributed by atoms with Crippen LogP contribution in [-0.4, -0.2) is 68.0 Å². The Morgan fingerprint density at radius 2 is 1.42 bits per heavy atom. The average Bonchev–Trinajstić information content (AvgIpc) is 3.02. The number of aryl methyl sites for hydroxylation is 1. The Hall–Kier alpha value is -4.45. The largest absolute Gasteiger partial charge is 0.493 e. The van der Waals surface area contributed by atoms with E-state index >= 15 is 0 Å². The van der Waals surface area contributed by atoms with Crippen LogP contribution in [0.2, 0.25) is 0 Å². The van der Waals surface area contributed by atoms with Crippen molar-refractivity contribution >= 4 is 17.7 Å². The number of hydrogen-bond donors (Lipinski definition) is 5. The lowest BCUT2D eigenvalue weighted by atomic mass is 10.0. The van der Waals surface area contributed by atoms with Crippen LogP contribution in [0.5, 0.6) is 17.2 Å². The van der Waals surface area contributed by atoms with E-state index in [1.54, 1.807) is 25.3 Å². The number of hydrogen-bond acceptors (Lipinski definition) is 8. The fourth-order valence-electron chi connectivity index (χ4n) is 4.46. The Labute approximate surface area is 252 Å². The van der Waals surface area contributed by atoms with E-state index in [1.807, 2.05) is 60.7 Å². The molecular formula is C32H42N6O5. The minimum atomic E-state index is -1.15. The van der Waals surface area contributed by atoms with E-state index in [-0.39, 0.29) is 37.9 Å². The van der Waals surface area contributed by atoms with Gasteiger partial charge in [0.15, 0.2) is 11.5 Å². The van der Waals surface area contributed by atoms with Gasteiger partial charge in [0.2, 0.25) is 17.7 Å². The first-order valence-corrected chi connectivity index (χ1v) is 14.3. The summed E-state index contributed by atoms with van der Waals surface area (Å²) in [6.07, 6.45) is 0.641. The van der Waals surface area contributed by atoms with Gasteiger partial charge in [0.25, 0.3) is 0 Å². The van der Waals surface area contributed by atoms with Crippen LogP contribution in [0.15, 0.2) is 78.9 Å². The van der Waals surface area contributed by atoms with Gasteiger partial charge in [-0.2, -0.15) is 0 Å². The molecule has 43 heavy (non-hydrogen) atoms. The molecule has 0 saturated heterocycles. The smallest absolute Gasteiger partial charge is 0.242 e. The summed E-state index contributed by atoms with van der Waals surface area (Å²) >= 11 is 0. The average molecular weight is 591 g/mol. The molecule has 0 aliphatic heterocycles. The highest BCUT2D eigenvalue weighted by atomic mass is 16.5.